The third kappa shape index (κ3) is 10.3. The molecule has 0 unspecified atom stereocenters. The Morgan fingerprint density at radius 2 is 1.07 bits per heavy atom. The maximum absolute atomic E-state index is 9.17. The van der Waals surface area contributed by atoms with Crippen LogP contribution in [0.4, 0.5) is 0 Å². The van der Waals surface area contributed by atoms with Gasteiger partial charge in [-0.3, -0.25) is 9.80 Å². The zero-order valence-electron chi connectivity index (χ0n) is 23.7. The number of halogens is 1. The molecule has 2 fully saturated rings. The average molecular weight is 619 g/mol. The second-order valence-corrected chi connectivity index (χ2v) is 12.7. The summed E-state index contributed by atoms with van der Waals surface area (Å²) in [6.07, 6.45) is 3.88. The molecule has 9 heteroatoms. The van der Waals surface area contributed by atoms with Gasteiger partial charge in [-0.05, 0) is 82.6 Å². The van der Waals surface area contributed by atoms with Crippen molar-refractivity contribution >= 4 is 55.3 Å². The van der Waals surface area contributed by atoms with Gasteiger partial charge in [0.2, 0.25) is 0 Å². The molecule has 0 atom stereocenters. The molecule has 2 aliphatic rings. The van der Waals surface area contributed by atoms with Crippen LogP contribution in [0.2, 0.25) is 0 Å². The molecule has 0 radical (unpaired) electrons. The molecule has 0 spiro atoms. The topological polar surface area (TPSA) is 65.4 Å². The monoisotopic (exact) mass is 618 g/mol. The van der Waals surface area contributed by atoms with E-state index in [0.717, 1.165) is 91.4 Å². The summed E-state index contributed by atoms with van der Waals surface area (Å²) in [6.45, 7) is 8.63. The number of thiophene rings is 2. The fourth-order valence-electron chi connectivity index (χ4n) is 5.12. The summed E-state index contributed by atoms with van der Waals surface area (Å²) in [7, 11) is 0. The fourth-order valence-corrected chi connectivity index (χ4v) is 6.83. The first-order valence-corrected chi connectivity index (χ1v) is 16.3. The lowest BCUT2D eigenvalue weighted by Gasteiger charge is -2.35. The lowest BCUT2D eigenvalue weighted by molar-refractivity contribution is -0.00317. The van der Waals surface area contributed by atoms with Gasteiger partial charge in [0.15, 0.2) is 0 Å². The van der Waals surface area contributed by atoms with Crippen LogP contribution in [-0.4, -0.2) is 97.9 Å². The Labute approximate surface area is 257 Å². The van der Waals surface area contributed by atoms with Crippen molar-refractivity contribution in [2.24, 2.45) is 0 Å². The molecule has 0 bridgehead atoms. The molecule has 4 heterocycles. The summed E-state index contributed by atoms with van der Waals surface area (Å²) in [5.74, 6) is 0. The average Bonchev–Trinajstić information content (AvgIpc) is 3.59. The van der Waals surface area contributed by atoms with Crippen LogP contribution < -0.4 is 0 Å². The molecule has 6 nitrogen and oxygen atoms in total. The molecule has 0 amide bonds. The number of fused-ring (bicyclic) bond motifs is 2. The smallest absolute Gasteiger partial charge is 0.0793 e. The van der Waals surface area contributed by atoms with Gasteiger partial charge >= 0.3 is 0 Å². The maximum atomic E-state index is 9.17. The van der Waals surface area contributed by atoms with Crippen molar-refractivity contribution in [1.29, 1.82) is 0 Å². The molecule has 2 aromatic carbocycles. The molecule has 6 rings (SSSR count). The van der Waals surface area contributed by atoms with Crippen molar-refractivity contribution in [3.63, 3.8) is 0 Å². The van der Waals surface area contributed by atoms with E-state index in [1.807, 2.05) is 0 Å². The summed E-state index contributed by atoms with van der Waals surface area (Å²) in [6, 6.07) is 17.6. The van der Waals surface area contributed by atoms with Crippen molar-refractivity contribution in [1.82, 2.24) is 9.80 Å². The highest BCUT2D eigenvalue weighted by molar-refractivity contribution is 7.17. The van der Waals surface area contributed by atoms with Crippen LogP contribution in [-0.2, 0) is 22.3 Å². The Hall–Kier alpha value is -1.59. The summed E-state index contributed by atoms with van der Waals surface area (Å²) in [5.41, 5.74) is 2.71. The molecule has 2 saturated heterocycles. The Kier molecular flexibility index (Phi) is 13.3. The van der Waals surface area contributed by atoms with Gasteiger partial charge in [0.05, 0.1) is 25.4 Å². The van der Waals surface area contributed by atoms with Crippen LogP contribution in [0.25, 0.3) is 20.2 Å². The van der Waals surface area contributed by atoms with Gasteiger partial charge in [-0.2, -0.15) is 0 Å². The molecular formula is C32H43ClN2O4S2. The highest BCUT2D eigenvalue weighted by Crippen LogP contribution is 2.23. The number of rotatable bonds is 14. The van der Waals surface area contributed by atoms with Gasteiger partial charge in [0.1, 0.15) is 0 Å². The van der Waals surface area contributed by atoms with Crippen LogP contribution in [0.3, 0.4) is 0 Å². The number of aliphatic hydroxyl groups is 2. The third-order valence-electron chi connectivity index (χ3n) is 7.51. The van der Waals surface area contributed by atoms with Crippen molar-refractivity contribution in [2.75, 3.05) is 65.7 Å². The largest absolute Gasteiger partial charge is 0.390 e. The Morgan fingerprint density at radius 1 is 0.634 bits per heavy atom. The molecule has 0 aliphatic carbocycles. The lowest BCUT2D eigenvalue weighted by Crippen LogP contribution is -2.50. The summed E-state index contributed by atoms with van der Waals surface area (Å²) in [4.78, 5) is 4.53. The maximum Gasteiger partial charge on any atom is 0.0793 e. The van der Waals surface area contributed by atoms with Gasteiger partial charge in [-0.15, -0.1) is 35.1 Å². The lowest BCUT2D eigenvalue weighted by atomic mass is 10.1. The van der Waals surface area contributed by atoms with Crippen molar-refractivity contribution < 1.29 is 19.7 Å². The van der Waals surface area contributed by atoms with Crippen molar-refractivity contribution in [3.05, 3.63) is 70.4 Å². The van der Waals surface area contributed by atoms with E-state index in [1.165, 1.54) is 31.3 Å². The number of β-amino-alcohol motifs (C(OH)–C–C–N with tert-alkyl or cyclic N) is 2. The number of aliphatic hydroxyl groups excluding tert-OH is 2. The van der Waals surface area contributed by atoms with Crippen molar-refractivity contribution in [2.45, 2.75) is 37.9 Å². The zero-order valence-corrected chi connectivity index (χ0v) is 26.1. The van der Waals surface area contributed by atoms with Crippen LogP contribution >= 0.6 is 35.1 Å². The minimum atomic E-state index is -0.0944. The third-order valence-corrected chi connectivity index (χ3v) is 9.27. The quantitative estimate of drug-likeness (QED) is 0.183. The minimum absolute atomic E-state index is 0. The number of hydrogen-bond donors (Lipinski definition) is 2. The molecule has 0 saturated carbocycles. The number of hydrogen-bond acceptors (Lipinski definition) is 8. The SMILES string of the molecule is Cl.OC1CN(CCCOCCc2ccc3ccsc3c2)C1.OC1CN(CCCOCCc2ccc3ccsc3c2)C1. The number of ether oxygens (including phenoxy) is 2. The molecule has 41 heavy (non-hydrogen) atoms. The molecule has 224 valence electrons. The summed E-state index contributed by atoms with van der Waals surface area (Å²) in [5, 5.41) is 25.3. The first kappa shape index (κ1) is 32.3. The normalized spacial score (nSPS) is 16.2. The number of likely N-dealkylation sites (tertiary alicyclic amines) is 2. The van der Waals surface area contributed by atoms with Gasteiger partial charge in [0, 0.05) is 61.9 Å². The van der Waals surface area contributed by atoms with E-state index in [1.54, 1.807) is 22.7 Å². The molecule has 2 N–H and O–H groups in total. The molecule has 4 aromatic rings. The van der Waals surface area contributed by atoms with Gasteiger partial charge in [-0.25, -0.2) is 0 Å². The van der Waals surface area contributed by atoms with Crippen LogP contribution in [0.15, 0.2) is 59.3 Å². The molecule has 2 aromatic heterocycles. The van der Waals surface area contributed by atoms with Crippen molar-refractivity contribution in [3.8, 4) is 0 Å². The molecule has 2 aliphatic heterocycles. The van der Waals surface area contributed by atoms with Crippen LogP contribution in [0, 0.1) is 0 Å². The molecular weight excluding hydrogens is 576 g/mol. The second-order valence-electron chi connectivity index (χ2n) is 10.8. The first-order valence-electron chi connectivity index (χ1n) is 14.5. The van der Waals surface area contributed by atoms with E-state index in [2.05, 4.69) is 69.1 Å². The van der Waals surface area contributed by atoms with Gasteiger partial charge < -0.3 is 19.7 Å². The van der Waals surface area contributed by atoms with E-state index < -0.39 is 0 Å². The number of nitrogens with zero attached hydrogens (tertiary/aromatic N) is 2. The van der Waals surface area contributed by atoms with Crippen LogP contribution in [0.5, 0.6) is 0 Å². The highest BCUT2D eigenvalue weighted by atomic mass is 35.5. The second kappa shape index (κ2) is 16.9. The Bertz CT molecular complexity index is 1200. The predicted molar refractivity (Wildman–Crippen MR) is 174 cm³/mol. The zero-order chi connectivity index (χ0) is 27.6. The first-order chi connectivity index (χ1) is 19.6. The standard InChI is InChI=1S/2C16H21NO2S.ClH/c2*18-15-11-17(12-15)6-1-7-19-8-4-13-2-3-14-5-9-20-16(14)10-13;/h2*2-3,5,9-10,15,18H,1,4,6-8,11-12H2;1H. The van der Waals surface area contributed by atoms with E-state index >= 15 is 0 Å². The summed E-state index contributed by atoms with van der Waals surface area (Å²) >= 11 is 3.59. The minimum Gasteiger partial charge on any atom is -0.390 e. The highest BCUT2D eigenvalue weighted by Gasteiger charge is 2.23. The summed E-state index contributed by atoms with van der Waals surface area (Å²) < 4.78 is 14.1. The van der Waals surface area contributed by atoms with E-state index in [4.69, 9.17) is 9.47 Å². The fraction of sp³-hybridized carbons (Fsp3) is 0.500. The van der Waals surface area contributed by atoms with E-state index in [0.29, 0.717) is 0 Å². The van der Waals surface area contributed by atoms with E-state index in [9.17, 15) is 10.2 Å². The van der Waals surface area contributed by atoms with Crippen LogP contribution in [0.1, 0.15) is 24.0 Å². The van der Waals surface area contributed by atoms with Gasteiger partial charge in [-0.1, -0.05) is 24.3 Å². The van der Waals surface area contributed by atoms with Gasteiger partial charge in [0.25, 0.3) is 0 Å². The number of benzene rings is 2. The Balaban J connectivity index is 0.000000184. The predicted octanol–water partition coefficient (Wildman–Crippen LogP) is 5.48. The Morgan fingerprint density at radius 3 is 1.49 bits per heavy atom. The van der Waals surface area contributed by atoms with E-state index in [-0.39, 0.29) is 24.6 Å².